The fraction of sp³-hybridized carbons (Fsp3) is 0.267. The minimum absolute atomic E-state index is 0.0198. The van der Waals surface area contributed by atoms with Crippen LogP contribution in [-0.4, -0.2) is 34.0 Å². The van der Waals surface area contributed by atoms with Crippen LogP contribution in [0.1, 0.15) is 27.8 Å². The SMILES string of the molecule is O=C(c1ccc(Cl)s1)N1CCC(c2noc(-c3cccs3)n2)C1. The van der Waals surface area contributed by atoms with Gasteiger partial charge in [-0.1, -0.05) is 22.8 Å². The lowest BCUT2D eigenvalue weighted by Gasteiger charge is -2.14. The van der Waals surface area contributed by atoms with Crippen molar-refractivity contribution in [2.75, 3.05) is 13.1 Å². The lowest BCUT2D eigenvalue weighted by atomic mass is 10.1. The maximum atomic E-state index is 12.4. The second kappa shape index (κ2) is 6.07. The van der Waals surface area contributed by atoms with Crippen LogP contribution >= 0.6 is 34.3 Å². The van der Waals surface area contributed by atoms with Gasteiger partial charge in [0, 0.05) is 19.0 Å². The molecule has 3 aromatic rings. The summed E-state index contributed by atoms with van der Waals surface area (Å²) in [7, 11) is 0. The topological polar surface area (TPSA) is 59.2 Å². The van der Waals surface area contributed by atoms with Crippen molar-refractivity contribution in [3.63, 3.8) is 0 Å². The molecule has 0 aliphatic carbocycles. The summed E-state index contributed by atoms with van der Waals surface area (Å²) in [5.74, 6) is 1.36. The van der Waals surface area contributed by atoms with Gasteiger partial charge in [-0.3, -0.25) is 4.79 Å². The molecule has 23 heavy (non-hydrogen) atoms. The molecule has 5 nitrogen and oxygen atoms in total. The minimum atomic E-state index is 0.0198. The van der Waals surface area contributed by atoms with E-state index >= 15 is 0 Å². The molecule has 3 aromatic heterocycles. The predicted molar refractivity (Wildman–Crippen MR) is 90.2 cm³/mol. The van der Waals surface area contributed by atoms with Crippen molar-refractivity contribution in [1.82, 2.24) is 15.0 Å². The van der Waals surface area contributed by atoms with Crippen molar-refractivity contribution in [2.45, 2.75) is 12.3 Å². The van der Waals surface area contributed by atoms with Crippen molar-refractivity contribution < 1.29 is 9.32 Å². The van der Waals surface area contributed by atoms with Gasteiger partial charge < -0.3 is 9.42 Å². The number of nitrogens with zero attached hydrogens (tertiary/aromatic N) is 3. The highest BCUT2D eigenvalue weighted by atomic mass is 35.5. The molecule has 1 aliphatic heterocycles. The maximum absolute atomic E-state index is 12.4. The summed E-state index contributed by atoms with van der Waals surface area (Å²) in [6.45, 7) is 1.31. The predicted octanol–water partition coefficient (Wildman–Crippen LogP) is 4.14. The van der Waals surface area contributed by atoms with Gasteiger partial charge in [0.05, 0.1) is 14.1 Å². The second-order valence-corrected chi connectivity index (χ2v) is 7.94. The first-order valence-corrected chi connectivity index (χ1v) is 9.20. The molecule has 0 aromatic carbocycles. The van der Waals surface area contributed by atoms with Crippen molar-refractivity contribution in [2.24, 2.45) is 0 Å². The van der Waals surface area contributed by atoms with E-state index in [0.29, 0.717) is 34.0 Å². The summed E-state index contributed by atoms with van der Waals surface area (Å²) in [6, 6.07) is 7.42. The molecule has 1 unspecified atom stereocenters. The molecule has 1 fully saturated rings. The molecule has 4 rings (SSSR count). The molecule has 1 amide bonds. The van der Waals surface area contributed by atoms with Gasteiger partial charge in [0.2, 0.25) is 0 Å². The Morgan fingerprint density at radius 1 is 1.39 bits per heavy atom. The normalized spacial score (nSPS) is 17.8. The molecule has 0 radical (unpaired) electrons. The average Bonchev–Trinajstić information content (AvgIpc) is 3.30. The van der Waals surface area contributed by atoms with E-state index in [0.717, 1.165) is 11.3 Å². The third-order valence-electron chi connectivity index (χ3n) is 3.80. The lowest BCUT2D eigenvalue weighted by Crippen LogP contribution is -2.27. The van der Waals surface area contributed by atoms with Crippen LogP contribution in [0.15, 0.2) is 34.2 Å². The summed E-state index contributed by atoms with van der Waals surface area (Å²) in [5.41, 5.74) is 0. The number of hydrogen-bond donors (Lipinski definition) is 0. The Kier molecular flexibility index (Phi) is 3.92. The Bertz CT molecular complexity index is 828. The molecule has 0 saturated carbocycles. The number of likely N-dealkylation sites (tertiary alicyclic amines) is 1. The van der Waals surface area contributed by atoms with E-state index in [1.165, 1.54) is 11.3 Å². The smallest absolute Gasteiger partial charge is 0.267 e. The number of halogens is 1. The van der Waals surface area contributed by atoms with Gasteiger partial charge in [-0.15, -0.1) is 22.7 Å². The Balaban J connectivity index is 1.47. The Morgan fingerprint density at radius 3 is 3.04 bits per heavy atom. The van der Waals surface area contributed by atoms with Crippen LogP contribution in [-0.2, 0) is 0 Å². The van der Waals surface area contributed by atoms with E-state index in [-0.39, 0.29) is 11.8 Å². The lowest BCUT2D eigenvalue weighted by molar-refractivity contribution is 0.0795. The van der Waals surface area contributed by atoms with Crippen LogP contribution in [0.4, 0.5) is 0 Å². The van der Waals surface area contributed by atoms with Crippen LogP contribution in [0.3, 0.4) is 0 Å². The summed E-state index contributed by atoms with van der Waals surface area (Å²) in [6.07, 6.45) is 0.842. The van der Waals surface area contributed by atoms with Gasteiger partial charge in [-0.2, -0.15) is 4.98 Å². The average molecular weight is 366 g/mol. The van der Waals surface area contributed by atoms with Crippen LogP contribution in [0.5, 0.6) is 0 Å². The van der Waals surface area contributed by atoms with Crippen LogP contribution in [0, 0.1) is 0 Å². The van der Waals surface area contributed by atoms with E-state index < -0.39 is 0 Å². The van der Waals surface area contributed by atoms with Crippen LogP contribution in [0.25, 0.3) is 10.8 Å². The molecule has 118 valence electrons. The van der Waals surface area contributed by atoms with Crippen molar-refractivity contribution in [3.05, 3.63) is 44.7 Å². The van der Waals surface area contributed by atoms with Crippen molar-refractivity contribution in [1.29, 1.82) is 0 Å². The highest BCUT2D eigenvalue weighted by molar-refractivity contribution is 7.18. The van der Waals surface area contributed by atoms with Gasteiger partial charge in [-0.25, -0.2) is 0 Å². The third-order valence-corrected chi connectivity index (χ3v) is 5.88. The number of aromatic nitrogens is 2. The Labute approximate surface area is 145 Å². The van der Waals surface area contributed by atoms with E-state index in [2.05, 4.69) is 10.1 Å². The molecule has 0 bridgehead atoms. The number of carbonyl (C=O) groups excluding carboxylic acids is 1. The van der Waals surface area contributed by atoms with Crippen molar-refractivity contribution in [3.8, 4) is 10.8 Å². The second-order valence-electron chi connectivity index (χ2n) is 5.28. The fourth-order valence-corrected chi connectivity index (χ4v) is 4.30. The molecule has 1 aliphatic rings. The van der Waals surface area contributed by atoms with Gasteiger partial charge >= 0.3 is 0 Å². The molecular weight excluding hydrogens is 354 g/mol. The minimum Gasteiger partial charge on any atom is -0.337 e. The number of carbonyl (C=O) groups is 1. The van der Waals surface area contributed by atoms with Gasteiger partial charge in [0.1, 0.15) is 0 Å². The molecular formula is C15H12ClN3O2S2. The van der Waals surface area contributed by atoms with E-state index in [1.807, 2.05) is 22.4 Å². The van der Waals surface area contributed by atoms with E-state index in [9.17, 15) is 4.79 Å². The zero-order valence-corrected chi connectivity index (χ0v) is 14.3. The highest BCUT2D eigenvalue weighted by Gasteiger charge is 2.31. The highest BCUT2D eigenvalue weighted by Crippen LogP contribution is 2.31. The van der Waals surface area contributed by atoms with Gasteiger partial charge in [-0.05, 0) is 30.0 Å². The summed E-state index contributed by atoms with van der Waals surface area (Å²) < 4.78 is 5.96. The zero-order chi connectivity index (χ0) is 15.8. The summed E-state index contributed by atoms with van der Waals surface area (Å²) in [4.78, 5) is 20.4. The maximum Gasteiger partial charge on any atom is 0.267 e. The molecule has 1 atom stereocenters. The number of rotatable bonds is 3. The first kappa shape index (κ1) is 14.9. The van der Waals surface area contributed by atoms with Crippen LogP contribution in [0.2, 0.25) is 4.34 Å². The third kappa shape index (κ3) is 2.91. The standard InChI is InChI=1S/C15H12ClN3O2S2/c16-12-4-3-11(23-12)15(20)19-6-5-9(8-19)13-17-14(21-18-13)10-2-1-7-22-10/h1-4,7,9H,5-6,8H2. The van der Waals surface area contributed by atoms with E-state index in [1.54, 1.807) is 23.5 Å². The number of amides is 1. The first-order chi connectivity index (χ1) is 11.2. The number of hydrogen-bond acceptors (Lipinski definition) is 6. The Morgan fingerprint density at radius 2 is 2.30 bits per heavy atom. The number of thiophene rings is 2. The Hall–Kier alpha value is -1.70. The summed E-state index contributed by atoms with van der Waals surface area (Å²) in [5, 5.41) is 6.06. The largest absolute Gasteiger partial charge is 0.337 e. The van der Waals surface area contributed by atoms with Gasteiger partial charge in [0.15, 0.2) is 5.82 Å². The van der Waals surface area contributed by atoms with Gasteiger partial charge in [0.25, 0.3) is 11.8 Å². The first-order valence-electron chi connectivity index (χ1n) is 7.13. The molecule has 4 heterocycles. The van der Waals surface area contributed by atoms with Crippen molar-refractivity contribution >= 4 is 40.2 Å². The zero-order valence-electron chi connectivity index (χ0n) is 11.9. The summed E-state index contributed by atoms with van der Waals surface area (Å²) >= 11 is 8.78. The molecule has 1 saturated heterocycles. The van der Waals surface area contributed by atoms with Crippen LogP contribution < -0.4 is 0 Å². The molecule has 0 N–H and O–H groups in total. The fourth-order valence-electron chi connectivity index (χ4n) is 2.64. The quantitative estimate of drug-likeness (QED) is 0.699. The molecule has 0 spiro atoms. The van der Waals surface area contributed by atoms with E-state index in [4.69, 9.17) is 16.1 Å². The molecule has 8 heteroatoms. The monoisotopic (exact) mass is 365 g/mol.